The van der Waals surface area contributed by atoms with Gasteiger partial charge in [-0.15, -0.1) is 12.4 Å². The quantitative estimate of drug-likeness (QED) is 0.395. The van der Waals surface area contributed by atoms with Crippen LogP contribution in [0.4, 0.5) is 0 Å². The number of aromatic nitrogens is 1. The van der Waals surface area contributed by atoms with E-state index in [0.29, 0.717) is 0 Å². The van der Waals surface area contributed by atoms with Crippen LogP contribution in [0.1, 0.15) is 12.5 Å². The molecule has 0 saturated heterocycles. The molecule has 1 heterocycles. The van der Waals surface area contributed by atoms with Gasteiger partial charge in [0.25, 0.3) is 0 Å². The normalized spacial score (nSPS) is 6.43. The molecule has 14 heavy (non-hydrogen) atoms. The monoisotopic (exact) mass is 235 g/mol. The van der Waals surface area contributed by atoms with E-state index in [1.54, 1.807) is 0 Å². The maximum Gasteiger partial charge on any atom is 3.00 e. The van der Waals surface area contributed by atoms with Crippen LogP contribution < -0.4 is 0 Å². The van der Waals surface area contributed by atoms with Crippen LogP contribution >= 0.6 is 0 Å². The maximum absolute atomic E-state index is 5.97. The molecule has 0 fully saturated rings. The van der Waals surface area contributed by atoms with E-state index in [2.05, 4.69) is 31.6 Å². The molecule has 0 atom stereocenters. The summed E-state index contributed by atoms with van der Waals surface area (Å²) in [6, 6.07) is 1.97. The van der Waals surface area contributed by atoms with E-state index in [0.717, 1.165) is 17.4 Å². The van der Waals surface area contributed by atoms with Gasteiger partial charge < -0.3 is 17.3 Å². The summed E-state index contributed by atoms with van der Waals surface area (Å²) >= 11 is 0. The summed E-state index contributed by atoms with van der Waals surface area (Å²) in [6.07, 6.45) is 5.73. The zero-order valence-corrected chi connectivity index (χ0v) is 9.66. The van der Waals surface area contributed by atoms with Gasteiger partial charge in [-0.1, -0.05) is 13.8 Å². The summed E-state index contributed by atoms with van der Waals surface area (Å²) in [5, 5.41) is 5.97. The zero-order valence-electron chi connectivity index (χ0n) is 8.67. The summed E-state index contributed by atoms with van der Waals surface area (Å²) < 4.78 is 0. The van der Waals surface area contributed by atoms with Crippen LogP contribution in [-0.2, 0) is 16.5 Å². The van der Waals surface area contributed by atoms with Crippen LogP contribution in [0.3, 0.4) is 0 Å². The fourth-order valence-electron chi connectivity index (χ4n) is 0.364. The average Bonchev–Trinajstić information content (AvgIpc) is 2.39. The number of aryl methyl sites for hydroxylation is 1. The van der Waals surface area contributed by atoms with E-state index in [-0.39, 0.29) is 16.5 Å². The third-order valence-corrected chi connectivity index (χ3v) is 0.686. The van der Waals surface area contributed by atoms with E-state index in [1.165, 1.54) is 0 Å². The minimum Gasteiger partial charge on any atom is -0.484 e. The molecular weight excluding hydrogens is 219 g/mol. The van der Waals surface area contributed by atoms with Gasteiger partial charge in [0.15, 0.2) is 0 Å². The molecule has 0 saturated carbocycles. The standard InChI is InChI=1S/C5H6N.C4H7.C2H4N.Ni/c1-5-2-3-6-4-5;1-4(2)3;1-2-3;/h2-3,6H,1H3;1-2H2,3H3;2-3H,1H2;/q3*-1;+3. The van der Waals surface area contributed by atoms with Gasteiger partial charge in [0.05, 0.1) is 0 Å². The Morgan fingerprint density at radius 2 is 2.07 bits per heavy atom. The molecule has 0 amide bonds. The largest absolute Gasteiger partial charge is 3.00 e. The van der Waals surface area contributed by atoms with Crippen LogP contribution in [0, 0.1) is 32.4 Å². The van der Waals surface area contributed by atoms with Crippen molar-refractivity contribution in [2.45, 2.75) is 13.8 Å². The molecular formula is C11H17N2Ni. The summed E-state index contributed by atoms with van der Waals surface area (Å²) in [5.74, 6) is 0. The van der Waals surface area contributed by atoms with Gasteiger partial charge >= 0.3 is 16.5 Å². The molecule has 2 N–H and O–H groups in total. The first kappa shape index (κ1) is 18.7. The second-order valence-electron chi connectivity index (χ2n) is 2.45. The van der Waals surface area contributed by atoms with E-state index in [1.807, 2.05) is 26.1 Å². The molecule has 0 spiro atoms. The van der Waals surface area contributed by atoms with E-state index >= 15 is 0 Å². The van der Waals surface area contributed by atoms with Crippen molar-refractivity contribution in [3.05, 3.63) is 50.0 Å². The van der Waals surface area contributed by atoms with Gasteiger partial charge in [-0.25, -0.2) is 19.1 Å². The van der Waals surface area contributed by atoms with Crippen LogP contribution in [-0.4, -0.2) is 11.2 Å². The number of hydrogen-bond acceptors (Lipinski definition) is 1. The zero-order chi connectivity index (χ0) is 10.7. The first-order valence-electron chi connectivity index (χ1n) is 3.81. The van der Waals surface area contributed by atoms with Crippen LogP contribution in [0.25, 0.3) is 0 Å². The molecule has 3 heteroatoms. The van der Waals surface area contributed by atoms with E-state index < -0.39 is 0 Å². The summed E-state index contributed by atoms with van der Waals surface area (Å²) in [4.78, 5) is 2.80. The third kappa shape index (κ3) is 30.7. The molecule has 0 aromatic carbocycles. The minimum atomic E-state index is 0. The third-order valence-electron chi connectivity index (χ3n) is 0.686. The van der Waals surface area contributed by atoms with Gasteiger partial charge in [0.1, 0.15) is 0 Å². The van der Waals surface area contributed by atoms with Crippen LogP contribution in [0.2, 0.25) is 0 Å². The van der Waals surface area contributed by atoms with Crippen molar-refractivity contribution in [3.8, 4) is 0 Å². The molecule has 1 rings (SSSR count). The number of aromatic amines is 1. The Morgan fingerprint density at radius 1 is 1.71 bits per heavy atom. The van der Waals surface area contributed by atoms with Crippen molar-refractivity contribution in [2.75, 3.05) is 0 Å². The SMILES string of the molecule is C=C([CH2-])C.Cc1[c-][nH]cc1.[CH2-]C=N.[Ni+3]. The first-order valence-corrected chi connectivity index (χ1v) is 3.81. The van der Waals surface area contributed by atoms with Crippen molar-refractivity contribution in [2.24, 2.45) is 0 Å². The molecule has 0 unspecified atom stereocenters. The Kier molecular flexibility index (Phi) is 19.3. The molecule has 1 aromatic rings. The molecule has 0 aliphatic rings. The summed E-state index contributed by atoms with van der Waals surface area (Å²) in [6.45, 7) is 13.8. The van der Waals surface area contributed by atoms with Gasteiger partial charge in [0, 0.05) is 0 Å². The minimum absolute atomic E-state index is 0. The molecule has 0 bridgehead atoms. The number of H-pyrrole nitrogens is 1. The number of rotatable bonds is 0. The van der Waals surface area contributed by atoms with Crippen molar-refractivity contribution in [1.29, 1.82) is 5.41 Å². The van der Waals surface area contributed by atoms with Crippen molar-refractivity contribution in [1.82, 2.24) is 4.98 Å². The van der Waals surface area contributed by atoms with Gasteiger partial charge in [-0.2, -0.15) is 17.8 Å². The van der Waals surface area contributed by atoms with E-state index in [4.69, 9.17) is 5.41 Å². The van der Waals surface area contributed by atoms with Crippen LogP contribution in [0.15, 0.2) is 24.4 Å². The number of allylic oxidation sites excluding steroid dienone is 1. The molecule has 2 nitrogen and oxygen atoms in total. The fourth-order valence-corrected chi connectivity index (χ4v) is 0.364. The Bertz CT molecular complexity index is 211. The van der Waals surface area contributed by atoms with Gasteiger partial charge in [-0.3, -0.25) is 0 Å². The van der Waals surface area contributed by atoms with Crippen molar-refractivity contribution < 1.29 is 16.5 Å². The molecule has 0 aliphatic carbocycles. The second kappa shape index (κ2) is 14.4. The molecule has 0 aliphatic heterocycles. The predicted molar refractivity (Wildman–Crippen MR) is 58.7 cm³/mol. The van der Waals surface area contributed by atoms with Crippen molar-refractivity contribution in [3.63, 3.8) is 0 Å². The first-order chi connectivity index (χ1) is 6.04. The summed E-state index contributed by atoms with van der Waals surface area (Å²) in [5.41, 5.74) is 2.08. The second-order valence-corrected chi connectivity index (χ2v) is 2.45. The van der Waals surface area contributed by atoms with Gasteiger partial charge in [-0.05, 0) is 0 Å². The summed E-state index contributed by atoms with van der Waals surface area (Å²) in [7, 11) is 0. The Morgan fingerprint density at radius 3 is 2.14 bits per heavy atom. The average molecular weight is 236 g/mol. The number of nitrogens with one attached hydrogen (secondary N) is 2. The molecule has 1 aromatic heterocycles. The van der Waals surface area contributed by atoms with E-state index in [9.17, 15) is 0 Å². The Balaban J connectivity index is -0.000000135. The predicted octanol–water partition coefficient (Wildman–Crippen LogP) is 2.99. The topological polar surface area (TPSA) is 39.6 Å². The molecule has 81 valence electrons. The van der Waals surface area contributed by atoms with Crippen LogP contribution in [0.5, 0.6) is 0 Å². The Labute approximate surface area is 97.2 Å². The molecule has 1 radical (unpaired) electrons. The smallest absolute Gasteiger partial charge is 0.484 e. The number of hydrogen-bond donors (Lipinski definition) is 2. The fraction of sp³-hybridized carbons (Fsp3) is 0.182. The van der Waals surface area contributed by atoms with Gasteiger partial charge in [0.2, 0.25) is 0 Å². The Hall–Kier alpha value is -1.08. The van der Waals surface area contributed by atoms with Crippen molar-refractivity contribution >= 4 is 6.21 Å². The maximum atomic E-state index is 5.97.